The zero-order valence-corrected chi connectivity index (χ0v) is 13.7. The number of hydrogen-bond donors (Lipinski definition) is 4. The number of hydrazine groups is 1. The average Bonchev–Trinajstić information content (AvgIpc) is 3.04. The molecule has 0 unspecified atom stereocenters. The minimum absolute atomic E-state index is 0.0215. The molecule has 7 heteroatoms. The van der Waals surface area contributed by atoms with E-state index < -0.39 is 0 Å². The number of hydrogen-bond acceptors (Lipinski definition) is 6. The highest BCUT2D eigenvalue weighted by Crippen LogP contribution is 2.31. The zero-order valence-electron chi connectivity index (χ0n) is 12.9. The van der Waals surface area contributed by atoms with Crippen molar-refractivity contribution in [3.63, 3.8) is 0 Å². The number of amides is 1. The fourth-order valence-electron chi connectivity index (χ4n) is 2.10. The molecule has 6 nitrogen and oxygen atoms in total. The van der Waals surface area contributed by atoms with E-state index in [0.29, 0.717) is 10.8 Å². The Balaban J connectivity index is 1.74. The minimum atomic E-state index is -0.241. The molecule has 4 N–H and O–H groups in total. The Morgan fingerprint density at radius 3 is 2.67 bits per heavy atom. The summed E-state index contributed by atoms with van der Waals surface area (Å²) in [7, 11) is 0. The number of aromatic hydroxyl groups is 1. The highest BCUT2D eigenvalue weighted by Gasteiger charge is 2.09. The Bertz CT molecular complexity index is 849. The van der Waals surface area contributed by atoms with Gasteiger partial charge in [-0.2, -0.15) is 0 Å². The lowest BCUT2D eigenvalue weighted by molar-refractivity contribution is -0.114. The number of phenolic OH excluding ortho intramolecular Hbond substituents is 1. The van der Waals surface area contributed by atoms with Crippen molar-refractivity contribution < 1.29 is 9.90 Å². The van der Waals surface area contributed by atoms with Crippen molar-refractivity contribution in [2.45, 2.75) is 6.92 Å². The van der Waals surface area contributed by atoms with Gasteiger partial charge in [0.05, 0.1) is 17.1 Å². The first-order valence-corrected chi connectivity index (χ1v) is 8.13. The van der Waals surface area contributed by atoms with E-state index in [1.807, 2.05) is 35.7 Å². The van der Waals surface area contributed by atoms with Crippen LogP contribution in [0, 0.1) is 0 Å². The predicted molar refractivity (Wildman–Crippen MR) is 97.2 cm³/mol. The molecule has 3 rings (SSSR count). The van der Waals surface area contributed by atoms with Gasteiger partial charge >= 0.3 is 0 Å². The van der Waals surface area contributed by atoms with E-state index in [-0.39, 0.29) is 11.7 Å². The number of para-hydroxylation sites is 1. The van der Waals surface area contributed by atoms with Crippen LogP contribution in [0.25, 0.3) is 11.3 Å². The maximum absolute atomic E-state index is 11.2. The SMILES string of the molecule is CC(=O)Nc1cc(-c2csc(NNc3ccccc3)n2)ccc1O. The predicted octanol–water partition coefficient (Wildman–Crippen LogP) is 3.91. The Morgan fingerprint density at radius 2 is 1.92 bits per heavy atom. The van der Waals surface area contributed by atoms with Gasteiger partial charge in [0.25, 0.3) is 0 Å². The number of benzene rings is 2. The summed E-state index contributed by atoms with van der Waals surface area (Å²) in [5, 5.41) is 15.0. The van der Waals surface area contributed by atoms with Gasteiger partial charge in [-0.15, -0.1) is 11.3 Å². The van der Waals surface area contributed by atoms with E-state index in [1.54, 1.807) is 12.1 Å². The van der Waals surface area contributed by atoms with Crippen molar-refractivity contribution in [2.75, 3.05) is 16.2 Å². The molecule has 24 heavy (non-hydrogen) atoms. The van der Waals surface area contributed by atoms with E-state index in [2.05, 4.69) is 21.2 Å². The van der Waals surface area contributed by atoms with Crippen LogP contribution in [0.1, 0.15) is 6.92 Å². The molecule has 0 saturated heterocycles. The summed E-state index contributed by atoms with van der Waals surface area (Å²) in [6, 6.07) is 14.7. The number of phenols is 1. The second kappa shape index (κ2) is 7.01. The molecular formula is C17H16N4O2S. The van der Waals surface area contributed by atoms with Gasteiger partial charge in [-0.05, 0) is 30.3 Å². The first-order chi connectivity index (χ1) is 11.6. The van der Waals surface area contributed by atoms with Crippen LogP contribution in [0.3, 0.4) is 0 Å². The van der Waals surface area contributed by atoms with Crippen molar-refractivity contribution in [2.24, 2.45) is 0 Å². The first-order valence-electron chi connectivity index (χ1n) is 7.25. The van der Waals surface area contributed by atoms with Crippen LogP contribution in [0.15, 0.2) is 53.9 Å². The molecule has 0 fully saturated rings. The van der Waals surface area contributed by atoms with Gasteiger partial charge in [0.2, 0.25) is 11.0 Å². The Labute approximate surface area is 143 Å². The Hall–Kier alpha value is -3.06. The Morgan fingerprint density at radius 1 is 1.12 bits per heavy atom. The second-order valence-corrected chi connectivity index (χ2v) is 5.93. The first kappa shape index (κ1) is 15.8. The molecule has 122 valence electrons. The molecule has 0 aliphatic heterocycles. The standard InChI is InChI=1S/C17H16N4O2S/c1-11(22)18-14-9-12(7-8-16(14)23)15-10-24-17(19-15)21-20-13-5-3-2-4-6-13/h2-10,20,23H,1H3,(H,18,22)(H,19,21). The number of carbonyl (C=O) groups is 1. The summed E-state index contributed by atoms with van der Waals surface area (Å²) in [5.41, 5.74) is 8.98. The summed E-state index contributed by atoms with van der Waals surface area (Å²) >= 11 is 1.45. The highest BCUT2D eigenvalue weighted by atomic mass is 32.1. The number of nitrogens with one attached hydrogen (secondary N) is 3. The number of rotatable bonds is 5. The van der Waals surface area contributed by atoms with Crippen LogP contribution < -0.4 is 16.2 Å². The summed E-state index contributed by atoms with van der Waals surface area (Å²) in [4.78, 5) is 15.7. The molecule has 0 bridgehead atoms. The largest absolute Gasteiger partial charge is 0.506 e. The normalized spacial score (nSPS) is 10.2. The van der Waals surface area contributed by atoms with Gasteiger partial charge in [-0.1, -0.05) is 18.2 Å². The van der Waals surface area contributed by atoms with E-state index in [9.17, 15) is 9.90 Å². The molecule has 0 atom stereocenters. The van der Waals surface area contributed by atoms with E-state index in [1.165, 1.54) is 24.3 Å². The van der Waals surface area contributed by atoms with Gasteiger partial charge < -0.3 is 10.4 Å². The van der Waals surface area contributed by atoms with Gasteiger partial charge in [-0.25, -0.2) is 4.98 Å². The minimum Gasteiger partial charge on any atom is -0.506 e. The van der Waals surface area contributed by atoms with E-state index in [0.717, 1.165) is 16.9 Å². The lowest BCUT2D eigenvalue weighted by Gasteiger charge is -2.07. The van der Waals surface area contributed by atoms with Crippen LogP contribution in [0.4, 0.5) is 16.5 Å². The van der Waals surface area contributed by atoms with Crippen LogP contribution in [-0.4, -0.2) is 16.0 Å². The summed E-state index contributed by atoms with van der Waals surface area (Å²) < 4.78 is 0. The maximum Gasteiger partial charge on any atom is 0.221 e. The van der Waals surface area contributed by atoms with Gasteiger partial charge in [-0.3, -0.25) is 15.6 Å². The monoisotopic (exact) mass is 340 g/mol. The Kier molecular flexibility index (Phi) is 4.62. The molecule has 0 spiro atoms. The summed E-state index contributed by atoms with van der Waals surface area (Å²) in [6.45, 7) is 1.40. The molecule has 1 amide bonds. The number of thiazole rings is 1. The molecule has 0 saturated carbocycles. The lowest BCUT2D eigenvalue weighted by Crippen LogP contribution is -2.07. The van der Waals surface area contributed by atoms with Crippen molar-refractivity contribution in [3.8, 4) is 17.0 Å². The fourth-order valence-corrected chi connectivity index (χ4v) is 2.77. The molecule has 0 aliphatic rings. The summed E-state index contributed by atoms with van der Waals surface area (Å²) in [5.74, 6) is -0.219. The van der Waals surface area contributed by atoms with E-state index in [4.69, 9.17) is 0 Å². The summed E-state index contributed by atoms with van der Waals surface area (Å²) in [6.07, 6.45) is 0. The third kappa shape index (κ3) is 3.82. The van der Waals surface area contributed by atoms with Crippen LogP contribution >= 0.6 is 11.3 Å². The van der Waals surface area contributed by atoms with Crippen LogP contribution in [-0.2, 0) is 4.79 Å². The number of carbonyl (C=O) groups excluding carboxylic acids is 1. The number of aromatic nitrogens is 1. The quantitative estimate of drug-likeness (QED) is 0.418. The third-order valence-electron chi connectivity index (χ3n) is 3.19. The van der Waals surface area contributed by atoms with Gasteiger partial charge in [0, 0.05) is 17.9 Å². The fraction of sp³-hybridized carbons (Fsp3) is 0.0588. The van der Waals surface area contributed by atoms with Crippen molar-refractivity contribution >= 4 is 33.8 Å². The molecule has 1 aromatic heterocycles. The second-order valence-electron chi connectivity index (χ2n) is 5.07. The maximum atomic E-state index is 11.2. The van der Waals surface area contributed by atoms with Crippen molar-refractivity contribution in [1.82, 2.24) is 4.98 Å². The van der Waals surface area contributed by atoms with Gasteiger partial charge in [0.1, 0.15) is 5.75 Å². The van der Waals surface area contributed by atoms with Crippen LogP contribution in [0.5, 0.6) is 5.75 Å². The molecular weight excluding hydrogens is 324 g/mol. The van der Waals surface area contributed by atoms with Crippen molar-refractivity contribution in [1.29, 1.82) is 0 Å². The third-order valence-corrected chi connectivity index (χ3v) is 3.95. The number of nitrogens with zero attached hydrogens (tertiary/aromatic N) is 1. The average molecular weight is 340 g/mol. The topological polar surface area (TPSA) is 86.3 Å². The molecule has 3 aromatic rings. The van der Waals surface area contributed by atoms with E-state index >= 15 is 0 Å². The smallest absolute Gasteiger partial charge is 0.221 e. The highest BCUT2D eigenvalue weighted by molar-refractivity contribution is 7.14. The molecule has 2 aromatic carbocycles. The zero-order chi connectivity index (χ0) is 16.9. The lowest BCUT2D eigenvalue weighted by atomic mass is 10.1. The molecule has 0 radical (unpaired) electrons. The van der Waals surface area contributed by atoms with Crippen molar-refractivity contribution in [3.05, 3.63) is 53.9 Å². The van der Waals surface area contributed by atoms with Crippen LogP contribution in [0.2, 0.25) is 0 Å². The molecule has 1 heterocycles. The van der Waals surface area contributed by atoms with Gasteiger partial charge in [0.15, 0.2) is 0 Å². The molecule has 0 aliphatic carbocycles. The number of anilines is 3.